The Kier molecular flexibility index (Phi) is 7.10. The van der Waals surface area contributed by atoms with Gasteiger partial charge in [0.1, 0.15) is 13.1 Å². The first kappa shape index (κ1) is 17.8. The molecule has 0 aliphatic heterocycles. The molecule has 0 radical (unpaired) electrons. The van der Waals surface area contributed by atoms with E-state index >= 15 is 0 Å². The maximum Gasteiger partial charge on any atom is 0.321 e. The second-order valence-electron chi connectivity index (χ2n) is 5.60. The predicted octanol–water partition coefficient (Wildman–Crippen LogP) is 1.08. The summed E-state index contributed by atoms with van der Waals surface area (Å²) in [4.78, 5) is 24.7. The number of carbonyl (C=O) groups is 2. The van der Waals surface area contributed by atoms with Crippen LogP contribution in [0.3, 0.4) is 0 Å². The Bertz CT molecular complexity index is 572. The van der Waals surface area contributed by atoms with Crippen LogP contribution in [0.15, 0.2) is 45.6 Å². The normalized spacial score (nSPS) is 10.8. The largest absolute Gasteiger partial charge is 0.463 e. The van der Waals surface area contributed by atoms with Crippen LogP contribution in [-0.2, 0) is 17.9 Å². The van der Waals surface area contributed by atoms with Gasteiger partial charge in [-0.15, -0.1) is 0 Å². The van der Waals surface area contributed by atoms with Gasteiger partial charge in [0.2, 0.25) is 0 Å². The third kappa shape index (κ3) is 6.29. The Morgan fingerprint density at radius 2 is 1.71 bits per heavy atom. The Hall–Kier alpha value is -2.54. The highest BCUT2D eigenvalue weighted by Crippen LogP contribution is 1.99. The lowest BCUT2D eigenvalue weighted by atomic mass is 10.3. The van der Waals surface area contributed by atoms with Gasteiger partial charge in [-0.05, 0) is 30.7 Å². The van der Waals surface area contributed by atoms with E-state index in [1.165, 1.54) is 0 Å². The summed E-state index contributed by atoms with van der Waals surface area (Å²) in [5, 5.41) is 5.02. The van der Waals surface area contributed by atoms with Gasteiger partial charge in [-0.1, -0.05) is 13.3 Å². The molecular weight excluding hydrogens is 310 g/mol. The highest BCUT2D eigenvalue weighted by molar-refractivity contribution is 5.94. The Balaban J connectivity index is 1.86. The van der Waals surface area contributed by atoms with E-state index in [1.807, 2.05) is 19.1 Å². The second kappa shape index (κ2) is 9.57. The molecular formula is C17H24N3O4+. The first-order valence-corrected chi connectivity index (χ1v) is 8.13. The van der Waals surface area contributed by atoms with Gasteiger partial charge < -0.3 is 19.1 Å². The van der Waals surface area contributed by atoms with E-state index in [2.05, 4.69) is 10.6 Å². The van der Waals surface area contributed by atoms with E-state index in [0.29, 0.717) is 19.6 Å². The van der Waals surface area contributed by atoms with Gasteiger partial charge in [0.25, 0.3) is 5.91 Å². The van der Waals surface area contributed by atoms with Crippen molar-refractivity contribution in [3.63, 3.8) is 0 Å². The van der Waals surface area contributed by atoms with Gasteiger partial charge in [0.15, 0.2) is 18.1 Å². The Labute approximate surface area is 141 Å². The molecule has 0 atom stereocenters. The summed E-state index contributed by atoms with van der Waals surface area (Å²) in [6.07, 6.45) is 5.07. The van der Waals surface area contributed by atoms with E-state index < -0.39 is 6.03 Å². The summed E-state index contributed by atoms with van der Waals surface area (Å²) < 4.78 is 10.7. The van der Waals surface area contributed by atoms with Crippen LogP contribution in [-0.4, -0.2) is 25.0 Å². The number of urea groups is 1. The number of amides is 3. The average Bonchev–Trinajstić information content (AvgIpc) is 3.21. The third-order valence-corrected chi connectivity index (χ3v) is 3.49. The van der Waals surface area contributed by atoms with Crippen LogP contribution in [0.1, 0.15) is 31.3 Å². The molecule has 3 amide bonds. The van der Waals surface area contributed by atoms with Gasteiger partial charge >= 0.3 is 6.03 Å². The minimum absolute atomic E-state index is 0.141. The van der Waals surface area contributed by atoms with Gasteiger partial charge in [0, 0.05) is 6.54 Å². The molecule has 24 heavy (non-hydrogen) atoms. The molecule has 2 aromatic rings. The minimum Gasteiger partial charge on any atom is -0.463 e. The van der Waals surface area contributed by atoms with Gasteiger partial charge in [-0.25, -0.2) is 4.79 Å². The van der Waals surface area contributed by atoms with Crippen LogP contribution in [0, 0.1) is 0 Å². The van der Waals surface area contributed by atoms with Gasteiger partial charge in [-0.2, -0.15) is 0 Å². The molecule has 3 N–H and O–H groups in total. The van der Waals surface area contributed by atoms with Crippen molar-refractivity contribution in [1.29, 1.82) is 0 Å². The van der Waals surface area contributed by atoms with Crippen molar-refractivity contribution in [3.05, 3.63) is 48.3 Å². The summed E-state index contributed by atoms with van der Waals surface area (Å²) >= 11 is 0. The first-order chi connectivity index (χ1) is 11.7. The van der Waals surface area contributed by atoms with Gasteiger partial charge in [-0.3, -0.25) is 10.1 Å². The fourth-order valence-electron chi connectivity index (χ4n) is 2.33. The fraction of sp³-hybridized carbons (Fsp3) is 0.412. The zero-order chi connectivity index (χ0) is 17.2. The van der Waals surface area contributed by atoms with Crippen LogP contribution in [0.25, 0.3) is 0 Å². The Morgan fingerprint density at radius 3 is 2.21 bits per heavy atom. The van der Waals surface area contributed by atoms with E-state index in [-0.39, 0.29) is 12.5 Å². The first-order valence-electron chi connectivity index (χ1n) is 8.13. The highest BCUT2D eigenvalue weighted by atomic mass is 16.3. The van der Waals surface area contributed by atoms with E-state index in [1.54, 1.807) is 24.7 Å². The maximum atomic E-state index is 12.1. The SMILES string of the molecule is CCCCNC(=O)NC(=O)C[NH+](Cc1ccco1)Cc1ccco1. The lowest BCUT2D eigenvalue weighted by Crippen LogP contribution is -3.10. The molecule has 2 heterocycles. The molecule has 0 bridgehead atoms. The standard InChI is InChI=1S/C17H23N3O4/c1-2-3-8-18-17(22)19-16(21)13-20(11-14-6-4-9-23-14)12-15-7-5-10-24-15/h4-7,9-10H,2-3,8,11-13H2,1H3,(H2,18,19,21,22)/p+1. The number of furan rings is 2. The van der Waals surface area contributed by atoms with E-state index in [4.69, 9.17) is 8.83 Å². The second-order valence-corrected chi connectivity index (χ2v) is 5.60. The molecule has 7 nitrogen and oxygen atoms in total. The number of carbonyl (C=O) groups excluding carboxylic acids is 2. The summed E-state index contributed by atoms with van der Waals surface area (Å²) in [5.41, 5.74) is 0. The van der Waals surface area contributed by atoms with Crippen molar-refractivity contribution < 1.29 is 23.3 Å². The monoisotopic (exact) mass is 334 g/mol. The molecule has 0 aromatic carbocycles. The zero-order valence-corrected chi connectivity index (χ0v) is 13.8. The van der Waals surface area contributed by atoms with Crippen LogP contribution in [0.2, 0.25) is 0 Å². The number of hydrogen-bond donors (Lipinski definition) is 3. The molecule has 0 aliphatic rings. The van der Waals surface area contributed by atoms with Gasteiger partial charge in [0.05, 0.1) is 12.5 Å². The molecule has 2 rings (SSSR count). The maximum absolute atomic E-state index is 12.1. The van der Waals surface area contributed by atoms with Crippen molar-refractivity contribution in [2.24, 2.45) is 0 Å². The van der Waals surface area contributed by atoms with Crippen LogP contribution in [0.5, 0.6) is 0 Å². The third-order valence-electron chi connectivity index (χ3n) is 3.49. The molecule has 0 fully saturated rings. The summed E-state index contributed by atoms with van der Waals surface area (Å²) in [7, 11) is 0. The van der Waals surface area contributed by atoms with E-state index in [0.717, 1.165) is 29.3 Å². The average molecular weight is 334 g/mol. The molecule has 0 saturated heterocycles. The fourth-order valence-corrected chi connectivity index (χ4v) is 2.33. The summed E-state index contributed by atoms with van der Waals surface area (Å²) in [6, 6.07) is 6.88. The van der Waals surface area contributed by atoms with Crippen molar-refractivity contribution >= 4 is 11.9 Å². The number of unbranched alkanes of at least 4 members (excludes halogenated alkanes) is 1. The van der Waals surface area contributed by atoms with Crippen molar-refractivity contribution in [2.75, 3.05) is 13.1 Å². The summed E-state index contributed by atoms with van der Waals surface area (Å²) in [6.45, 7) is 3.79. The highest BCUT2D eigenvalue weighted by Gasteiger charge is 2.19. The molecule has 2 aromatic heterocycles. The lowest BCUT2D eigenvalue weighted by molar-refractivity contribution is -0.921. The van der Waals surface area contributed by atoms with Crippen molar-refractivity contribution in [2.45, 2.75) is 32.9 Å². The lowest BCUT2D eigenvalue weighted by Gasteiger charge is -2.16. The summed E-state index contributed by atoms with van der Waals surface area (Å²) in [5.74, 6) is 1.21. The van der Waals surface area contributed by atoms with Crippen LogP contribution < -0.4 is 15.5 Å². The smallest absolute Gasteiger partial charge is 0.321 e. The zero-order valence-electron chi connectivity index (χ0n) is 13.8. The Morgan fingerprint density at radius 1 is 1.08 bits per heavy atom. The number of rotatable bonds is 9. The van der Waals surface area contributed by atoms with Crippen LogP contribution in [0.4, 0.5) is 4.79 Å². The molecule has 0 unspecified atom stereocenters. The predicted molar refractivity (Wildman–Crippen MR) is 87.1 cm³/mol. The van der Waals surface area contributed by atoms with Crippen molar-refractivity contribution in [1.82, 2.24) is 10.6 Å². The number of hydrogen-bond acceptors (Lipinski definition) is 4. The quantitative estimate of drug-likeness (QED) is 0.599. The van der Waals surface area contributed by atoms with Crippen molar-refractivity contribution in [3.8, 4) is 0 Å². The molecule has 130 valence electrons. The molecule has 0 spiro atoms. The molecule has 0 saturated carbocycles. The molecule has 0 aliphatic carbocycles. The van der Waals surface area contributed by atoms with Crippen LogP contribution >= 0.6 is 0 Å². The number of quaternary nitrogens is 1. The van der Waals surface area contributed by atoms with E-state index in [9.17, 15) is 9.59 Å². The topological polar surface area (TPSA) is 88.9 Å². The number of imide groups is 1. The number of nitrogens with one attached hydrogen (secondary N) is 3. The molecule has 7 heteroatoms. The minimum atomic E-state index is -0.455.